The predicted octanol–water partition coefficient (Wildman–Crippen LogP) is 5.05. The minimum Gasteiger partial charge on any atom is -0.424 e. The van der Waals surface area contributed by atoms with Gasteiger partial charge in [-0.3, -0.25) is 4.52 Å². The quantitative estimate of drug-likeness (QED) is 0.626. The van der Waals surface area contributed by atoms with Crippen LogP contribution in [-0.4, -0.2) is 11.8 Å². The molecule has 4 heteroatoms. The van der Waals surface area contributed by atoms with Crippen LogP contribution < -0.4 is 4.52 Å². The molecule has 0 fully saturated rings. The van der Waals surface area contributed by atoms with Gasteiger partial charge in [0.15, 0.2) is 0 Å². The summed E-state index contributed by atoms with van der Waals surface area (Å²) in [6.45, 7) is 10.1. The van der Waals surface area contributed by atoms with Crippen LogP contribution in [0.5, 0.6) is 5.75 Å². The van der Waals surface area contributed by atoms with Gasteiger partial charge >= 0.3 is 7.60 Å². The minimum absolute atomic E-state index is 0.489. The lowest BCUT2D eigenvalue weighted by Crippen LogP contribution is -2.22. The number of aryl methyl sites for hydroxylation is 1. The van der Waals surface area contributed by atoms with E-state index in [-0.39, 0.29) is 0 Å². The molecule has 1 aromatic carbocycles. The summed E-state index contributed by atoms with van der Waals surface area (Å²) >= 11 is 0. The molecule has 0 aromatic heterocycles. The molecule has 1 unspecified atom stereocenters. The average Bonchev–Trinajstić information content (AvgIpc) is 2.35. The van der Waals surface area contributed by atoms with E-state index in [9.17, 15) is 4.57 Å². The molecule has 0 N–H and O–H groups in total. The Balaban J connectivity index is 0.000000861. The summed E-state index contributed by atoms with van der Waals surface area (Å²) in [6, 6.07) is 7.76. The van der Waals surface area contributed by atoms with Gasteiger partial charge in [-0.15, -0.1) is 0 Å². The second-order valence-electron chi connectivity index (χ2n) is 5.30. The van der Waals surface area contributed by atoms with Crippen LogP contribution in [0.2, 0.25) is 0 Å². The zero-order valence-corrected chi connectivity index (χ0v) is 13.5. The maximum atomic E-state index is 12.7. The molecule has 0 bridgehead atoms. The van der Waals surface area contributed by atoms with Crippen molar-refractivity contribution < 1.29 is 13.6 Å². The Bertz CT molecular complexity index is 449. The zero-order chi connectivity index (χ0) is 14.5. The summed E-state index contributed by atoms with van der Waals surface area (Å²) in [5, 5.41) is -0.503. The number of hydrogen-bond donors (Lipinski definition) is 0. The molecule has 1 heterocycles. The number of hydrogen-bond acceptors (Lipinski definition) is 3. The van der Waals surface area contributed by atoms with Crippen molar-refractivity contribution in [3.05, 3.63) is 29.8 Å². The molecular weight excluding hydrogens is 259 g/mol. The largest absolute Gasteiger partial charge is 0.424 e. The SMILES string of the molecule is CC.CC(C)(C)P1(=O)OCCCc2ccccc2O1. The second-order valence-corrected chi connectivity index (χ2v) is 8.08. The summed E-state index contributed by atoms with van der Waals surface area (Å²) in [5.74, 6) is 0.699. The summed E-state index contributed by atoms with van der Waals surface area (Å²) < 4.78 is 24.0. The first-order valence-electron chi connectivity index (χ1n) is 6.95. The van der Waals surface area contributed by atoms with Gasteiger partial charge in [-0.25, -0.2) is 4.57 Å². The van der Waals surface area contributed by atoms with Crippen LogP contribution in [0.15, 0.2) is 24.3 Å². The molecule has 0 saturated carbocycles. The highest BCUT2D eigenvalue weighted by Gasteiger charge is 2.42. The van der Waals surface area contributed by atoms with Crippen LogP contribution in [0.25, 0.3) is 0 Å². The number of fused-ring (bicyclic) bond motifs is 1. The van der Waals surface area contributed by atoms with Gasteiger partial charge in [0.2, 0.25) is 0 Å². The van der Waals surface area contributed by atoms with E-state index in [1.165, 1.54) is 0 Å². The van der Waals surface area contributed by atoms with Gasteiger partial charge in [0.1, 0.15) is 5.75 Å². The molecule has 3 nitrogen and oxygen atoms in total. The van der Waals surface area contributed by atoms with E-state index < -0.39 is 12.8 Å². The van der Waals surface area contributed by atoms with E-state index in [2.05, 4.69) is 0 Å². The molecule has 2 rings (SSSR count). The van der Waals surface area contributed by atoms with Gasteiger partial charge in [-0.1, -0.05) is 32.0 Å². The van der Waals surface area contributed by atoms with Gasteiger partial charge in [-0.2, -0.15) is 0 Å². The van der Waals surface area contributed by atoms with Crippen molar-refractivity contribution in [2.75, 3.05) is 6.61 Å². The van der Waals surface area contributed by atoms with Crippen LogP contribution in [0, 0.1) is 0 Å². The first-order chi connectivity index (χ1) is 8.92. The lowest BCUT2D eigenvalue weighted by Gasteiger charge is -2.32. The fourth-order valence-electron chi connectivity index (χ4n) is 1.73. The van der Waals surface area contributed by atoms with Crippen molar-refractivity contribution in [2.45, 2.75) is 52.6 Å². The predicted molar refractivity (Wildman–Crippen MR) is 80.1 cm³/mol. The van der Waals surface area contributed by atoms with Crippen LogP contribution in [0.1, 0.15) is 46.6 Å². The Hall–Kier alpha value is -0.790. The topological polar surface area (TPSA) is 35.5 Å². The number of rotatable bonds is 0. The van der Waals surface area contributed by atoms with Crippen LogP contribution in [-0.2, 0) is 15.5 Å². The van der Waals surface area contributed by atoms with Crippen molar-refractivity contribution in [3.8, 4) is 5.75 Å². The molecular formula is C15H25O3P. The van der Waals surface area contributed by atoms with Gasteiger partial charge in [0.25, 0.3) is 0 Å². The molecule has 0 spiro atoms. The maximum absolute atomic E-state index is 12.7. The minimum atomic E-state index is -3.10. The van der Waals surface area contributed by atoms with Crippen LogP contribution >= 0.6 is 7.60 Å². The first-order valence-corrected chi connectivity index (χ1v) is 8.49. The highest BCUT2D eigenvalue weighted by molar-refractivity contribution is 7.55. The summed E-state index contributed by atoms with van der Waals surface area (Å²) in [6.07, 6.45) is 1.78. The third-order valence-corrected chi connectivity index (χ3v) is 5.47. The fraction of sp³-hybridized carbons (Fsp3) is 0.600. The van der Waals surface area contributed by atoms with Crippen molar-refractivity contribution in [2.24, 2.45) is 0 Å². The van der Waals surface area contributed by atoms with Gasteiger partial charge < -0.3 is 4.52 Å². The Kier molecular flexibility index (Phi) is 5.64. The van der Waals surface area contributed by atoms with Crippen LogP contribution in [0.4, 0.5) is 0 Å². The van der Waals surface area contributed by atoms with Crippen molar-refractivity contribution in [3.63, 3.8) is 0 Å². The maximum Gasteiger partial charge on any atom is 0.384 e. The van der Waals surface area contributed by atoms with Crippen LogP contribution in [0.3, 0.4) is 0 Å². The van der Waals surface area contributed by atoms with E-state index in [1.807, 2.05) is 58.9 Å². The summed E-state index contributed by atoms with van der Waals surface area (Å²) in [7, 11) is -3.10. The van der Waals surface area contributed by atoms with Crippen molar-refractivity contribution in [1.29, 1.82) is 0 Å². The lowest BCUT2D eigenvalue weighted by atomic mass is 10.1. The second kappa shape index (κ2) is 6.58. The molecule has 19 heavy (non-hydrogen) atoms. The Morgan fingerprint density at radius 1 is 1.16 bits per heavy atom. The third kappa shape index (κ3) is 3.84. The van der Waals surface area contributed by atoms with Gasteiger partial charge in [-0.05, 0) is 45.2 Å². The molecule has 0 radical (unpaired) electrons. The summed E-state index contributed by atoms with van der Waals surface area (Å²) in [4.78, 5) is 0. The standard InChI is InChI=1S/C13H19O3P.C2H6/c1-13(2,3)17(14)15-10-6-8-11-7-4-5-9-12(11)16-17;1-2/h4-5,7,9H,6,8,10H2,1-3H3;1-2H3. The highest BCUT2D eigenvalue weighted by Crippen LogP contribution is 2.60. The van der Waals surface area contributed by atoms with Crippen molar-refractivity contribution in [1.82, 2.24) is 0 Å². The highest BCUT2D eigenvalue weighted by atomic mass is 31.2. The molecule has 0 aliphatic carbocycles. The monoisotopic (exact) mass is 284 g/mol. The van der Waals surface area contributed by atoms with Gasteiger partial charge in [0.05, 0.1) is 11.8 Å². The summed E-state index contributed by atoms with van der Waals surface area (Å²) in [5.41, 5.74) is 1.11. The smallest absolute Gasteiger partial charge is 0.384 e. The molecule has 1 aliphatic heterocycles. The molecule has 1 atom stereocenters. The molecule has 0 amide bonds. The Labute approximate surface area is 116 Å². The lowest BCUT2D eigenvalue weighted by molar-refractivity contribution is 0.237. The molecule has 1 aromatic rings. The van der Waals surface area contributed by atoms with E-state index >= 15 is 0 Å². The average molecular weight is 284 g/mol. The van der Waals surface area contributed by atoms with E-state index in [1.54, 1.807) is 0 Å². The van der Waals surface area contributed by atoms with Gasteiger partial charge in [0, 0.05) is 0 Å². The normalized spacial score (nSPS) is 23.0. The zero-order valence-electron chi connectivity index (χ0n) is 12.6. The number of benzene rings is 1. The molecule has 1 aliphatic rings. The molecule has 0 saturated heterocycles. The van der Waals surface area contributed by atoms with E-state index in [4.69, 9.17) is 9.05 Å². The fourth-order valence-corrected chi connectivity index (χ4v) is 3.25. The van der Waals surface area contributed by atoms with E-state index in [0.29, 0.717) is 12.4 Å². The number of para-hydroxylation sites is 1. The Morgan fingerprint density at radius 2 is 1.79 bits per heavy atom. The van der Waals surface area contributed by atoms with E-state index in [0.717, 1.165) is 18.4 Å². The first kappa shape index (κ1) is 16.3. The Morgan fingerprint density at radius 3 is 2.42 bits per heavy atom. The molecule has 108 valence electrons. The van der Waals surface area contributed by atoms with Crippen molar-refractivity contribution >= 4 is 7.60 Å². The third-order valence-electron chi connectivity index (χ3n) is 2.86.